The molecule has 1 aliphatic carbocycles. The third-order valence-electron chi connectivity index (χ3n) is 13.6. The van der Waals surface area contributed by atoms with Gasteiger partial charge < -0.3 is 9.47 Å². The Morgan fingerprint density at radius 2 is 1.02 bits per heavy atom. The van der Waals surface area contributed by atoms with E-state index in [0.717, 1.165) is 17.1 Å². The molecule has 0 bridgehead atoms. The van der Waals surface area contributed by atoms with Gasteiger partial charge >= 0.3 is 0 Å². The summed E-state index contributed by atoms with van der Waals surface area (Å²) >= 11 is 3.77. The van der Waals surface area contributed by atoms with Crippen LogP contribution in [-0.4, -0.2) is 4.57 Å². The highest BCUT2D eigenvalue weighted by molar-refractivity contribution is 7.99. The van der Waals surface area contributed by atoms with Gasteiger partial charge in [0.1, 0.15) is 0 Å². The number of nitrogens with zero attached hydrogens (tertiary/aromatic N) is 2. The van der Waals surface area contributed by atoms with Gasteiger partial charge in [-0.1, -0.05) is 157 Å². The molecule has 12 aromatic rings. The molecule has 0 atom stereocenters. The van der Waals surface area contributed by atoms with E-state index < -0.39 is 5.41 Å². The zero-order valence-corrected chi connectivity index (χ0v) is 35.6. The Morgan fingerprint density at radius 1 is 0.381 bits per heavy atom. The first-order valence-electron chi connectivity index (χ1n) is 21.6. The highest BCUT2D eigenvalue weighted by atomic mass is 32.2. The average molecular weight is 837 g/mol. The molecule has 0 radical (unpaired) electrons. The molecule has 294 valence electrons. The van der Waals surface area contributed by atoms with Gasteiger partial charge in [-0.3, -0.25) is 0 Å². The monoisotopic (exact) mass is 836 g/mol. The van der Waals surface area contributed by atoms with Crippen molar-refractivity contribution in [2.75, 3.05) is 4.90 Å². The topological polar surface area (TPSA) is 8.17 Å². The van der Waals surface area contributed by atoms with Crippen molar-refractivity contribution >= 4 is 92.9 Å². The Hall–Kier alpha value is -7.37. The Bertz CT molecular complexity index is 3810. The number of hydrogen-bond acceptors (Lipinski definition) is 3. The first kappa shape index (κ1) is 35.2. The average Bonchev–Trinajstić information content (AvgIpc) is 3.90. The number of para-hydroxylation sites is 2. The molecule has 63 heavy (non-hydrogen) atoms. The fourth-order valence-electron chi connectivity index (χ4n) is 11.2. The third kappa shape index (κ3) is 4.80. The fraction of sp³-hybridized carbons (Fsp3) is 0.0169. The highest BCUT2D eigenvalue weighted by Crippen LogP contribution is 2.62. The summed E-state index contributed by atoms with van der Waals surface area (Å²) in [6, 6.07) is 81.7. The minimum Gasteiger partial charge on any atom is -0.309 e. The van der Waals surface area contributed by atoms with Crippen LogP contribution in [0.2, 0.25) is 0 Å². The van der Waals surface area contributed by atoms with Crippen molar-refractivity contribution in [1.29, 1.82) is 0 Å². The van der Waals surface area contributed by atoms with Crippen LogP contribution in [0.25, 0.3) is 69.6 Å². The first-order chi connectivity index (χ1) is 31.3. The zero-order valence-electron chi connectivity index (χ0n) is 34.0. The van der Waals surface area contributed by atoms with E-state index in [2.05, 4.69) is 228 Å². The van der Waals surface area contributed by atoms with Crippen LogP contribution in [-0.2, 0) is 5.41 Å². The number of hydrogen-bond donors (Lipinski definition) is 0. The van der Waals surface area contributed by atoms with E-state index in [4.69, 9.17) is 0 Å². The maximum atomic E-state index is 2.56. The van der Waals surface area contributed by atoms with Crippen molar-refractivity contribution in [3.05, 3.63) is 241 Å². The van der Waals surface area contributed by atoms with Gasteiger partial charge in [0.05, 0.1) is 27.8 Å². The number of aromatic nitrogens is 1. The van der Waals surface area contributed by atoms with Crippen molar-refractivity contribution in [1.82, 2.24) is 4.57 Å². The van der Waals surface area contributed by atoms with Crippen molar-refractivity contribution in [2.45, 2.75) is 15.2 Å². The van der Waals surface area contributed by atoms with E-state index in [1.54, 1.807) is 0 Å². The van der Waals surface area contributed by atoms with Gasteiger partial charge in [-0.05, 0) is 112 Å². The Labute approximate surface area is 372 Å². The van der Waals surface area contributed by atoms with Crippen molar-refractivity contribution < 1.29 is 0 Å². The lowest BCUT2D eigenvalue weighted by Crippen LogP contribution is -2.36. The molecule has 14 rings (SSSR count). The molecular formula is C59H36N2S2. The van der Waals surface area contributed by atoms with E-state index >= 15 is 0 Å². The smallest absolute Gasteiger partial charge is 0.0735 e. The standard InChI is InChI=1S/C59H36N2S2/c1-2-16-37(17-3-1)60-49-26-10-5-19-40(49)44-36-38(32-34-51(44)60)61(52-27-15-31-56-58(52)43-20-6-11-28-53(43)62-56)50-35-33-41-39-18-4-7-22-45(39)59(48-25-14-21-42(50)57(41)48)46-23-8-12-29-54(46)63-55-30-13-9-24-47(55)59/h1-36H. The van der Waals surface area contributed by atoms with Crippen LogP contribution >= 0.6 is 23.1 Å². The van der Waals surface area contributed by atoms with Crippen LogP contribution in [0.15, 0.2) is 228 Å². The summed E-state index contributed by atoms with van der Waals surface area (Å²) in [5, 5.41) is 7.56. The van der Waals surface area contributed by atoms with Crippen molar-refractivity contribution in [3.63, 3.8) is 0 Å². The Morgan fingerprint density at radius 3 is 1.86 bits per heavy atom. The summed E-state index contributed by atoms with van der Waals surface area (Å²) in [5.41, 5.74) is 14.4. The van der Waals surface area contributed by atoms with Gasteiger partial charge in [0.2, 0.25) is 0 Å². The molecular weight excluding hydrogens is 801 g/mol. The van der Waals surface area contributed by atoms with E-state index in [9.17, 15) is 0 Å². The summed E-state index contributed by atoms with van der Waals surface area (Å²) in [7, 11) is 0. The highest BCUT2D eigenvalue weighted by Gasteiger charge is 2.48. The molecule has 0 saturated heterocycles. The molecule has 0 fully saturated rings. The van der Waals surface area contributed by atoms with E-state index in [0.29, 0.717) is 0 Å². The van der Waals surface area contributed by atoms with Crippen LogP contribution in [0.3, 0.4) is 0 Å². The maximum absolute atomic E-state index is 2.56. The summed E-state index contributed by atoms with van der Waals surface area (Å²) in [6.07, 6.45) is 0. The molecule has 2 aliphatic rings. The lowest BCUT2D eigenvalue weighted by atomic mass is 9.59. The van der Waals surface area contributed by atoms with Crippen LogP contribution in [0, 0.1) is 0 Å². The second-order valence-corrected chi connectivity index (χ2v) is 18.9. The molecule has 4 heteroatoms. The summed E-state index contributed by atoms with van der Waals surface area (Å²) < 4.78 is 4.98. The second kappa shape index (κ2) is 13.3. The van der Waals surface area contributed by atoms with Gasteiger partial charge in [0, 0.05) is 57.5 Å². The number of rotatable bonds is 4. The summed E-state index contributed by atoms with van der Waals surface area (Å²) in [5.74, 6) is 0. The fourth-order valence-corrected chi connectivity index (χ4v) is 13.5. The number of benzene rings is 10. The van der Waals surface area contributed by atoms with Crippen LogP contribution in [0.1, 0.15) is 22.3 Å². The van der Waals surface area contributed by atoms with Crippen molar-refractivity contribution in [2.24, 2.45) is 0 Å². The van der Waals surface area contributed by atoms with Crippen LogP contribution in [0.5, 0.6) is 0 Å². The van der Waals surface area contributed by atoms with Gasteiger partial charge in [0.25, 0.3) is 0 Å². The van der Waals surface area contributed by atoms with Gasteiger partial charge in [-0.15, -0.1) is 11.3 Å². The lowest BCUT2D eigenvalue weighted by Gasteiger charge is -2.46. The Kier molecular flexibility index (Phi) is 7.45. The molecule has 10 aromatic carbocycles. The van der Waals surface area contributed by atoms with Crippen molar-refractivity contribution in [3.8, 4) is 16.8 Å². The molecule has 2 aromatic heterocycles. The molecule has 2 nitrogen and oxygen atoms in total. The molecule has 0 amide bonds. The molecule has 3 heterocycles. The molecule has 0 saturated carbocycles. The van der Waals surface area contributed by atoms with Gasteiger partial charge in [0.15, 0.2) is 0 Å². The molecule has 1 aliphatic heterocycles. The summed E-state index contributed by atoms with van der Waals surface area (Å²) in [6.45, 7) is 0. The normalized spacial score (nSPS) is 13.5. The van der Waals surface area contributed by atoms with Crippen LogP contribution < -0.4 is 4.90 Å². The lowest BCUT2D eigenvalue weighted by molar-refractivity contribution is 0.707. The third-order valence-corrected chi connectivity index (χ3v) is 15.9. The van der Waals surface area contributed by atoms with E-state index in [-0.39, 0.29) is 0 Å². The number of anilines is 3. The first-order valence-corrected chi connectivity index (χ1v) is 23.2. The molecule has 0 unspecified atom stereocenters. The number of fused-ring (bicyclic) bond motifs is 14. The van der Waals surface area contributed by atoms with Crippen LogP contribution in [0.4, 0.5) is 17.1 Å². The predicted octanol–water partition coefficient (Wildman–Crippen LogP) is 16.6. The number of thiophene rings is 1. The minimum absolute atomic E-state index is 0.507. The van der Waals surface area contributed by atoms with Gasteiger partial charge in [-0.25, -0.2) is 0 Å². The predicted molar refractivity (Wildman–Crippen MR) is 267 cm³/mol. The Balaban J connectivity index is 1.11. The molecule has 0 N–H and O–H groups in total. The minimum atomic E-state index is -0.507. The van der Waals surface area contributed by atoms with E-state index in [1.807, 2.05) is 23.1 Å². The summed E-state index contributed by atoms with van der Waals surface area (Å²) in [4.78, 5) is 5.18. The second-order valence-electron chi connectivity index (χ2n) is 16.7. The van der Waals surface area contributed by atoms with Gasteiger partial charge in [-0.2, -0.15) is 0 Å². The zero-order chi connectivity index (χ0) is 41.2. The SMILES string of the molecule is c1ccc(-n2c3ccccc3c3cc(N(c4ccc5c6c(cccc46)C4(c6ccccc6Sc6ccccc64)c4ccccc4-5)c4cccc5sc6ccccc6c45)ccc32)cc1. The largest absolute Gasteiger partial charge is 0.309 e. The molecule has 1 spiro atoms. The quantitative estimate of drug-likeness (QED) is 0.174. The maximum Gasteiger partial charge on any atom is 0.0735 e. The van der Waals surface area contributed by atoms with E-state index in [1.165, 1.54) is 102 Å².